The van der Waals surface area contributed by atoms with Gasteiger partial charge in [-0.25, -0.2) is 0 Å². The fraction of sp³-hybridized carbons (Fsp3) is 0.652. The van der Waals surface area contributed by atoms with E-state index in [4.69, 9.17) is 9.47 Å². The predicted molar refractivity (Wildman–Crippen MR) is 122 cm³/mol. The van der Waals surface area contributed by atoms with Gasteiger partial charge in [-0.15, -0.1) is 0 Å². The second kappa shape index (κ2) is 10.5. The normalized spacial score (nSPS) is 16.5. The fourth-order valence-electron chi connectivity index (χ4n) is 4.06. The zero-order valence-corrected chi connectivity index (χ0v) is 19.4. The maximum atomic E-state index is 12.1. The minimum atomic E-state index is -0.255. The summed E-state index contributed by atoms with van der Waals surface area (Å²) in [6.45, 7) is 6.82. The van der Waals surface area contributed by atoms with Gasteiger partial charge in [0.25, 0.3) is 0 Å². The molecule has 1 aromatic carbocycles. The Morgan fingerprint density at radius 3 is 2.30 bits per heavy atom. The Balaban J connectivity index is 2.10. The summed E-state index contributed by atoms with van der Waals surface area (Å²) in [6.07, 6.45) is 5.83. The van der Waals surface area contributed by atoms with Crippen molar-refractivity contribution in [3.05, 3.63) is 23.8 Å². The van der Waals surface area contributed by atoms with Crippen LogP contribution in [-0.2, 0) is 10.2 Å². The van der Waals surface area contributed by atoms with Crippen molar-refractivity contribution >= 4 is 11.9 Å². The van der Waals surface area contributed by atoms with Gasteiger partial charge in [0.2, 0.25) is 5.91 Å². The molecule has 0 atom stereocenters. The maximum absolute atomic E-state index is 12.1. The van der Waals surface area contributed by atoms with E-state index in [2.05, 4.69) is 33.1 Å². The highest BCUT2D eigenvalue weighted by Crippen LogP contribution is 2.42. The summed E-state index contributed by atoms with van der Waals surface area (Å²) in [5.74, 6) is 2.06. The molecule has 1 aromatic rings. The highest BCUT2D eigenvalue weighted by molar-refractivity contribution is 5.86. The first-order valence-corrected chi connectivity index (χ1v) is 10.7. The van der Waals surface area contributed by atoms with Crippen molar-refractivity contribution in [1.82, 2.24) is 16.0 Å². The Hall–Kier alpha value is -2.44. The minimum absolute atomic E-state index is 0.0108. The number of nitrogens with one attached hydrogen (secondary N) is 3. The number of rotatable bonds is 7. The van der Waals surface area contributed by atoms with E-state index in [1.54, 1.807) is 21.3 Å². The summed E-state index contributed by atoms with van der Waals surface area (Å²) in [7, 11) is 5.05. The van der Waals surface area contributed by atoms with E-state index in [0.29, 0.717) is 5.96 Å². The predicted octanol–water partition coefficient (Wildman–Crippen LogP) is 2.99. The highest BCUT2D eigenvalue weighted by Gasteiger charge is 2.34. The Morgan fingerprint density at radius 1 is 1.07 bits per heavy atom. The highest BCUT2D eigenvalue weighted by atomic mass is 16.5. The van der Waals surface area contributed by atoms with Crippen molar-refractivity contribution in [2.24, 2.45) is 4.99 Å². The van der Waals surface area contributed by atoms with E-state index in [1.807, 2.05) is 26.8 Å². The molecule has 2 rings (SSSR count). The number of ether oxygens (including phenoxy) is 2. The lowest BCUT2D eigenvalue weighted by atomic mass is 9.69. The number of aliphatic imine (C=N–C) groups is 1. The Kier molecular flexibility index (Phi) is 8.38. The zero-order valence-electron chi connectivity index (χ0n) is 19.4. The van der Waals surface area contributed by atoms with E-state index in [-0.39, 0.29) is 23.4 Å². The molecule has 1 amide bonds. The number of carbonyl (C=O) groups excluding carboxylic acids is 1. The molecule has 0 saturated heterocycles. The van der Waals surface area contributed by atoms with Gasteiger partial charge in [-0.1, -0.05) is 25.3 Å². The number of methoxy groups -OCH3 is 2. The maximum Gasteiger partial charge on any atom is 0.239 e. The lowest BCUT2D eigenvalue weighted by Gasteiger charge is -2.38. The van der Waals surface area contributed by atoms with Crippen molar-refractivity contribution in [3.63, 3.8) is 0 Å². The van der Waals surface area contributed by atoms with Crippen LogP contribution in [0.3, 0.4) is 0 Å². The van der Waals surface area contributed by atoms with Crippen LogP contribution in [0, 0.1) is 0 Å². The van der Waals surface area contributed by atoms with Gasteiger partial charge in [0.15, 0.2) is 17.5 Å². The summed E-state index contributed by atoms with van der Waals surface area (Å²) in [4.78, 5) is 16.4. The molecule has 1 aliphatic rings. The zero-order chi connectivity index (χ0) is 22.2. The SMILES string of the molecule is CN=C(NCC(=O)NC(C)(C)C)NCC1(c2ccc(OC)c(OC)c2)CCCCC1. The third-order valence-electron chi connectivity index (χ3n) is 5.56. The van der Waals surface area contributed by atoms with E-state index >= 15 is 0 Å². The van der Waals surface area contributed by atoms with Gasteiger partial charge >= 0.3 is 0 Å². The monoisotopic (exact) mass is 418 g/mol. The Morgan fingerprint density at radius 2 is 1.73 bits per heavy atom. The molecule has 0 radical (unpaired) electrons. The van der Waals surface area contributed by atoms with Gasteiger partial charge in [0.05, 0.1) is 20.8 Å². The fourth-order valence-corrected chi connectivity index (χ4v) is 4.06. The molecular formula is C23H38N4O3. The van der Waals surface area contributed by atoms with Crippen LogP contribution in [0.5, 0.6) is 11.5 Å². The van der Waals surface area contributed by atoms with Crippen molar-refractivity contribution < 1.29 is 14.3 Å². The average molecular weight is 419 g/mol. The second-order valence-corrected chi connectivity index (χ2v) is 8.99. The van der Waals surface area contributed by atoms with Gasteiger partial charge in [0.1, 0.15) is 0 Å². The van der Waals surface area contributed by atoms with Gasteiger partial charge < -0.3 is 25.4 Å². The molecule has 1 saturated carbocycles. The van der Waals surface area contributed by atoms with Crippen LogP contribution >= 0.6 is 0 Å². The topological polar surface area (TPSA) is 84.0 Å². The van der Waals surface area contributed by atoms with Crippen molar-refractivity contribution in [2.45, 2.75) is 63.8 Å². The first-order valence-electron chi connectivity index (χ1n) is 10.7. The number of hydrogen-bond donors (Lipinski definition) is 3. The van der Waals surface area contributed by atoms with Crippen LogP contribution < -0.4 is 25.4 Å². The lowest BCUT2D eigenvalue weighted by molar-refractivity contribution is -0.121. The van der Waals surface area contributed by atoms with Crippen LogP contribution in [0.1, 0.15) is 58.4 Å². The third kappa shape index (κ3) is 6.54. The molecule has 1 aliphatic carbocycles. The molecular weight excluding hydrogens is 380 g/mol. The molecule has 0 bridgehead atoms. The van der Waals surface area contributed by atoms with Crippen LogP contribution in [-0.4, -0.2) is 51.8 Å². The quantitative estimate of drug-likeness (QED) is 0.468. The van der Waals surface area contributed by atoms with Gasteiger partial charge in [-0.2, -0.15) is 0 Å². The Bertz CT molecular complexity index is 734. The standard InChI is InChI=1S/C23H38N4O3/c1-22(2,3)27-20(28)15-25-21(24-4)26-16-23(12-8-7-9-13-23)17-10-11-18(29-5)19(14-17)30-6/h10-11,14H,7-9,12-13,15-16H2,1-6H3,(H,27,28)(H2,24,25,26). The molecule has 0 aliphatic heterocycles. The van der Waals surface area contributed by atoms with Crippen LogP contribution in [0.4, 0.5) is 0 Å². The summed E-state index contributed by atoms with van der Waals surface area (Å²) in [5, 5.41) is 9.52. The molecule has 0 unspecified atom stereocenters. The number of benzene rings is 1. The molecule has 0 aromatic heterocycles. The number of hydrogen-bond acceptors (Lipinski definition) is 4. The lowest BCUT2D eigenvalue weighted by Crippen LogP contribution is -2.50. The van der Waals surface area contributed by atoms with Gasteiger partial charge in [-0.3, -0.25) is 9.79 Å². The van der Waals surface area contributed by atoms with Gasteiger partial charge in [0, 0.05) is 24.5 Å². The number of nitrogens with zero attached hydrogens (tertiary/aromatic N) is 1. The number of carbonyl (C=O) groups is 1. The third-order valence-corrected chi connectivity index (χ3v) is 5.56. The first-order chi connectivity index (χ1) is 14.2. The smallest absolute Gasteiger partial charge is 0.239 e. The summed E-state index contributed by atoms with van der Waals surface area (Å²) >= 11 is 0. The largest absolute Gasteiger partial charge is 0.493 e. The molecule has 7 nitrogen and oxygen atoms in total. The molecule has 0 heterocycles. The summed E-state index contributed by atoms with van der Waals surface area (Å²) < 4.78 is 10.9. The van der Waals surface area contributed by atoms with Crippen molar-refractivity contribution in [3.8, 4) is 11.5 Å². The van der Waals surface area contributed by atoms with Crippen LogP contribution in [0.25, 0.3) is 0 Å². The van der Waals surface area contributed by atoms with E-state index < -0.39 is 0 Å². The van der Waals surface area contributed by atoms with E-state index in [0.717, 1.165) is 30.9 Å². The van der Waals surface area contributed by atoms with Crippen molar-refractivity contribution in [1.29, 1.82) is 0 Å². The van der Waals surface area contributed by atoms with Crippen molar-refractivity contribution in [2.75, 3.05) is 34.4 Å². The first kappa shape index (κ1) is 23.8. The number of guanidine groups is 1. The van der Waals surface area contributed by atoms with Gasteiger partial charge in [-0.05, 0) is 51.3 Å². The van der Waals surface area contributed by atoms with E-state index in [1.165, 1.54) is 24.8 Å². The van der Waals surface area contributed by atoms with Crippen LogP contribution in [0.2, 0.25) is 0 Å². The number of amides is 1. The summed E-state index contributed by atoms with van der Waals surface area (Å²) in [5.41, 5.74) is 0.978. The molecule has 0 spiro atoms. The molecule has 1 fully saturated rings. The minimum Gasteiger partial charge on any atom is -0.493 e. The van der Waals surface area contributed by atoms with Crippen LogP contribution in [0.15, 0.2) is 23.2 Å². The molecule has 7 heteroatoms. The molecule has 3 N–H and O–H groups in total. The average Bonchev–Trinajstić information content (AvgIpc) is 2.72. The van der Waals surface area contributed by atoms with E-state index in [9.17, 15) is 4.79 Å². The Labute approximate surface area is 181 Å². The molecule has 168 valence electrons. The second-order valence-electron chi connectivity index (χ2n) is 8.99. The molecule has 30 heavy (non-hydrogen) atoms. The summed E-state index contributed by atoms with van der Waals surface area (Å²) in [6, 6.07) is 6.22.